The molecule has 0 unspecified atom stereocenters. The van der Waals surface area contributed by atoms with Crippen LogP contribution in [0, 0.1) is 6.92 Å². The highest BCUT2D eigenvalue weighted by Crippen LogP contribution is 2.04. The van der Waals surface area contributed by atoms with Crippen LogP contribution in [0.15, 0.2) is 6.07 Å². The van der Waals surface area contributed by atoms with Crippen molar-refractivity contribution in [2.24, 2.45) is 0 Å². The Kier molecular flexibility index (Phi) is 5.86. The summed E-state index contributed by atoms with van der Waals surface area (Å²) < 4.78 is 6.77. The molecule has 0 aliphatic carbocycles. The molecule has 0 saturated heterocycles. The van der Waals surface area contributed by atoms with Crippen molar-refractivity contribution in [2.45, 2.75) is 26.8 Å². The fourth-order valence-corrected chi connectivity index (χ4v) is 1.68. The number of Topliss-reactive ketones (excluding diaryl/α,β-unsaturated/α-hetero) is 1. The highest BCUT2D eigenvalue weighted by molar-refractivity contribution is 5.82. The Labute approximate surface area is 102 Å². The number of carbonyl (C=O) groups excluding carboxylic acids is 1. The van der Waals surface area contributed by atoms with Crippen LogP contribution in [0.2, 0.25) is 0 Å². The van der Waals surface area contributed by atoms with Gasteiger partial charge < -0.3 is 10.1 Å². The van der Waals surface area contributed by atoms with Crippen molar-refractivity contribution in [2.75, 3.05) is 26.8 Å². The molecule has 1 aromatic rings. The number of ketones is 1. The van der Waals surface area contributed by atoms with Crippen LogP contribution < -0.4 is 5.32 Å². The molecule has 17 heavy (non-hydrogen) atoms. The molecule has 0 aromatic carbocycles. The Morgan fingerprint density at radius 2 is 2.35 bits per heavy atom. The van der Waals surface area contributed by atoms with Gasteiger partial charge in [-0.1, -0.05) is 0 Å². The van der Waals surface area contributed by atoms with E-state index in [9.17, 15) is 4.79 Å². The summed E-state index contributed by atoms with van der Waals surface area (Å²) in [6.07, 6.45) is 0.439. The zero-order valence-corrected chi connectivity index (χ0v) is 10.8. The summed E-state index contributed by atoms with van der Waals surface area (Å²) in [6, 6.07) is 1.97. The maximum atomic E-state index is 11.7. The van der Waals surface area contributed by atoms with Crippen molar-refractivity contribution >= 4 is 5.78 Å². The summed E-state index contributed by atoms with van der Waals surface area (Å²) in [5.41, 5.74) is 1.95. The number of rotatable bonds is 8. The Balaban J connectivity index is 2.39. The molecule has 0 fully saturated rings. The molecule has 5 nitrogen and oxygen atoms in total. The predicted octanol–water partition coefficient (Wildman–Crippen LogP) is 0.559. The predicted molar refractivity (Wildman–Crippen MR) is 66.1 cm³/mol. The molecule has 0 aliphatic heterocycles. The number of hydrogen-bond acceptors (Lipinski definition) is 4. The molecule has 1 aromatic heterocycles. The maximum absolute atomic E-state index is 11.7. The summed E-state index contributed by atoms with van der Waals surface area (Å²) in [6.45, 7) is 6.48. The lowest BCUT2D eigenvalue weighted by molar-refractivity contribution is -0.117. The molecule has 0 spiro atoms. The minimum atomic E-state index is 0.177. The molecular weight excluding hydrogens is 218 g/mol. The highest BCUT2D eigenvalue weighted by atomic mass is 16.5. The molecule has 1 N–H and O–H groups in total. The van der Waals surface area contributed by atoms with Crippen LogP contribution in [0.4, 0.5) is 0 Å². The van der Waals surface area contributed by atoms with Crippen LogP contribution in [0.5, 0.6) is 0 Å². The number of nitrogens with zero attached hydrogens (tertiary/aromatic N) is 2. The van der Waals surface area contributed by atoms with Crippen LogP contribution in [-0.4, -0.2) is 42.4 Å². The monoisotopic (exact) mass is 239 g/mol. The Hall–Kier alpha value is -1.20. The fourth-order valence-electron chi connectivity index (χ4n) is 1.68. The lowest BCUT2D eigenvalue weighted by Gasteiger charge is -2.05. The maximum Gasteiger partial charge on any atom is 0.152 e. The number of aromatic nitrogens is 2. The normalized spacial score (nSPS) is 10.8. The second kappa shape index (κ2) is 7.19. The van der Waals surface area contributed by atoms with Crippen molar-refractivity contribution in [3.05, 3.63) is 17.5 Å². The van der Waals surface area contributed by atoms with Gasteiger partial charge in [-0.2, -0.15) is 5.10 Å². The molecular formula is C12H21N3O2. The van der Waals surface area contributed by atoms with Gasteiger partial charge in [-0.3, -0.25) is 9.48 Å². The summed E-state index contributed by atoms with van der Waals surface area (Å²) in [7, 11) is 1.64. The van der Waals surface area contributed by atoms with Gasteiger partial charge in [-0.15, -0.1) is 0 Å². The second-order valence-corrected chi connectivity index (χ2v) is 3.98. The smallest absolute Gasteiger partial charge is 0.152 e. The van der Waals surface area contributed by atoms with Crippen molar-refractivity contribution < 1.29 is 9.53 Å². The van der Waals surface area contributed by atoms with E-state index < -0.39 is 0 Å². The summed E-state index contributed by atoms with van der Waals surface area (Å²) in [4.78, 5) is 11.7. The number of ether oxygens (including phenoxy) is 1. The zero-order chi connectivity index (χ0) is 12.7. The van der Waals surface area contributed by atoms with Crippen LogP contribution in [0.3, 0.4) is 0 Å². The number of methoxy groups -OCH3 is 1. The van der Waals surface area contributed by atoms with Crippen LogP contribution in [0.25, 0.3) is 0 Å². The highest BCUT2D eigenvalue weighted by Gasteiger charge is 2.09. The average molecular weight is 239 g/mol. The van der Waals surface area contributed by atoms with Gasteiger partial charge in [0.05, 0.1) is 18.8 Å². The van der Waals surface area contributed by atoms with Crippen LogP contribution in [0.1, 0.15) is 18.3 Å². The van der Waals surface area contributed by atoms with E-state index in [-0.39, 0.29) is 5.78 Å². The van der Waals surface area contributed by atoms with Gasteiger partial charge in [0, 0.05) is 32.3 Å². The van der Waals surface area contributed by atoms with E-state index >= 15 is 0 Å². The first kappa shape index (κ1) is 13.9. The summed E-state index contributed by atoms with van der Waals surface area (Å²) >= 11 is 0. The molecule has 1 heterocycles. The number of carbonyl (C=O) groups is 1. The van der Waals surface area contributed by atoms with E-state index in [0.29, 0.717) is 26.1 Å². The van der Waals surface area contributed by atoms with E-state index in [1.165, 1.54) is 0 Å². The van der Waals surface area contributed by atoms with Crippen LogP contribution in [-0.2, 0) is 22.5 Å². The third-order valence-electron chi connectivity index (χ3n) is 2.47. The first-order valence-corrected chi connectivity index (χ1v) is 5.92. The standard InChI is InChI=1S/C12H21N3O2/c1-4-15-11(7-10(2)14-15)8-12(16)9-13-5-6-17-3/h7,13H,4-6,8-9H2,1-3H3. The van der Waals surface area contributed by atoms with E-state index in [2.05, 4.69) is 10.4 Å². The Morgan fingerprint density at radius 1 is 1.59 bits per heavy atom. The third-order valence-corrected chi connectivity index (χ3v) is 2.47. The molecule has 0 bridgehead atoms. The quantitative estimate of drug-likeness (QED) is 0.673. The van der Waals surface area contributed by atoms with Crippen LogP contribution >= 0.6 is 0 Å². The summed E-state index contributed by atoms with van der Waals surface area (Å²) in [5.74, 6) is 0.177. The fraction of sp³-hybridized carbons (Fsp3) is 0.667. The Morgan fingerprint density at radius 3 is 3.00 bits per heavy atom. The van der Waals surface area contributed by atoms with E-state index in [4.69, 9.17) is 4.74 Å². The summed E-state index contributed by atoms with van der Waals surface area (Å²) in [5, 5.41) is 7.36. The van der Waals surface area contributed by atoms with Crippen molar-refractivity contribution in [1.82, 2.24) is 15.1 Å². The molecule has 0 radical (unpaired) electrons. The van der Waals surface area contributed by atoms with E-state index in [1.807, 2.05) is 24.6 Å². The third kappa shape index (κ3) is 4.66. The van der Waals surface area contributed by atoms with E-state index in [1.54, 1.807) is 7.11 Å². The molecule has 0 aliphatic rings. The first-order valence-electron chi connectivity index (χ1n) is 5.92. The molecule has 0 atom stereocenters. The molecule has 0 saturated carbocycles. The number of aryl methyl sites for hydroxylation is 2. The lowest BCUT2D eigenvalue weighted by atomic mass is 10.2. The van der Waals surface area contributed by atoms with Gasteiger partial charge in [0.2, 0.25) is 0 Å². The van der Waals surface area contributed by atoms with E-state index in [0.717, 1.165) is 17.9 Å². The number of hydrogen-bond donors (Lipinski definition) is 1. The largest absolute Gasteiger partial charge is 0.383 e. The lowest BCUT2D eigenvalue weighted by Crippen LogP contribution is -2.27. The SMILES string of the molecule is CCn1nc(C)cc1CC(=O)CNCCOC. The molecule has 1 rings (SSSR count). The Bertz CT molecular complexity index is 361. The second-order valence-electron chi connectivity index (χ2n) is 3.98. The molecule has 5 heteroatoms. The minimum Gasteiger partial charge on any atom is -0.383 e. The van der Waals surface area contributed by atoms with Gasteiger partial charge in [-0.05, 0) is 19.9 Å². The van der Waals surface area contributed by atoms with Crippen molar-refractivity contribution in [3.8, 4) is 0 Å². The van der Waals surface area contributed by atoms with Gasteiger partial charge in [0.25, 0.3) is 0 Å². The minimum absolute atomic E-state index is 0.177. The van der Waals surface area contributed by atoms with Crippen molar-refractivity contribution in [3.63, 3.8) is 0 Å². The van der Waals surface area contributed by atoms with Gasteiger partial charge in [-0.25, -0.2) is 0 Å². The van der Waals surface area contributed by atoms with Crippen molar-refractivity contribution in [1.29, 1.82) is 0 Å². The van der Waals surface area contributed by atoms with Gasteiger partial charge >= 0.3 is 0 Å². The number of nitrogens with one attached hydrogen (secondary N) is 1. The average Bonchev–Trinajstić information content (AvgIpc) is 2.65. The topological polar surface area (TPSA) is 56.2 Å². The zero-order valence-electron chi connectivity index (χ0n) is 10.8. The van der Waals surface area contributed by atoms with Gasteiger partial charge in [0.1, 0.15) is 0 Å². The molecule has 96 valence electrons. The first-order chi connectivity index (χ1) is 8.17. The van der Waals surface area contributed by atoms with Gasteiger partial charge in [0.15, 0.2) is 5.78 Å². The molecule has 0 amide bonds.